The molecule has 0 spiro atoms. The van der Waals surface area contributed by atoms with Gasteiger partial charge in [0.15, 0.2) is 11.4 Å². The standard InChI is InChI=1S/C18H24N2O4/c1-6-19(7-2)16(22)11-20-14-10-13(12(3)21)8-9-15(14)24-18(4,5)17(20)23/h8-10H,6-7,11H2,1-5H3. The number of anilines is 1. The number of nitrogens with zero attached hydrogens (tertiary/aromatic N) is 2. The van der Waals surface area contributed by atoms with E-state index in [2.05, 4.69) is 0 Å². The van der Waals surface area contributed by atoms with Crippen molar-refractivity contribution in [2.75, 3.05) is 24.5 Å². The summed E-state index contributed by atoms with van der Waals surface area (Å²) < 4.78 is 5.76. The minimum atomic E-state index is -1.06. The van der Waals surface area contributed by atoms with Crippen LogP contribution in [0.5, 0.6) is 5.75 Å². The Kier molecular flexibility index (Phi) is 4.96. The largest absolute Gasteiger partial charge is 0.476 e. The molecular formula is C18H24N2O4. The van der Waals surface area contributed by atoms with E-state index in [1.54, 1.807) is 36.9 Å². The van der Waals surface area contributed by atoms with Crippen LogP contribution in [-0.4, -0.2) is 47.7 Å². The third-order valence-corrected chi connectivity index (χ3v) is 4.19. The van der Waals surface area contributed by atoms with Crippen molar-refractivity contribution in [3.05, 3.63) is 23.8 Å². The van der Waals surface area contributed by atoms with Gasteiger partial charge in [0.25, 0.3) is 5.91 Å². The zero-order chi connectivity index (χ0) is 18.1. The number of Topliss-reactive ketones (excluding diaryl/α,β-unsaturated/α-hetero) is 1. The summed E-state index contributed by atoms with van der Waals surface area (Å²) in [5.41, 5.74) is -0.119. The van der Waals surface area contributed by atoms with E-state index in [1.165, 1.54) is 11.8 Å². The van der Waals surface area contributed by atoms with Gasteiger partial charge < -0.3 is 9.64 Å². The number of amides is 2. The molecule has 130 valence electrons. The number of carbonyl (C=O) groups excluding carboxylic acids is 3. The SMILES string of the molecule is CCN(CC)C(=O)CN1C(=O)C(C)(C)Oc2ccc(C(C)=O)cc21. The van der Waals surface area contributed by atoms with E-state index in [1.807, 2.05) is 13.8 Å². The molecule has 1 aromatic rings. The van der Waals surface area contributed by atoms with Crippen molar-refractivity contribution in [2.24, 2.45) is 0 Å². The Labute approximate surface area is 142 Å². The van der Waals surface area contributed by atoms with Gasteiger partial charge in [-0.25, -0.2) is 0 Å². The average Bonchev–Trinajstić information content (AvgIpc) is 2.52. The van der Waals surface area contributed by atoms with Crippen LogP contribution in [0.25, 0.3) is 0 Å². The van der Waals surface area contributed by atoms with Crippen molar-refractivity contribution in [2.45, 2.75) is 40.2 Å². The second-order valence-corrected chi connectivity index (χ2v) is 6.31. The fourth-order valence-corrected chi connectivity index (χ4v) is 2.76. The van der Waals surface area contributed by atoms with Crippen LogP contribution in [-0.2, 0) is 9.59 Å². The van der Waals surface area contributed by atoms with E-state index in [9.17, 15) is 14.4 Å². The van der Waals surface area contributed by atoms with Crippen LogP contribution in [0.1, 0.15) is 45.0 Å². The average molecular weight is 332 g/mol. The van der Waals surface area contributed by atoms with E-state index in [0.717, 1.165) is 0 Å². The molecule has 0 aromatic heterocycles. The summed E-state index contributed by atoms with van der Waals surface area (Å²) in [6, 6.07) is 4.95. The van der Waals surface area contributed by atoms with E-state index in [0.29, 0.717) is 30.1 Å². The second kappa shape index (κ2) is 6.63. The highest BCUT2D eigenvalue weighted by molar-refractivity contribution is 6.07. The van der Waals surface area contributed by atoms with Crippen molar-refractivity contribution in [3.8, 4) is 5.75 Å². The maximum atomic E-state index is 12.8. The van der Waals surface area contributed by atoms with Crippen LogP contribution in [0.4, 0.5) is 5.69 Å². The molecule has 1 aliphatic heterocycles. The first-order valence-electron chi connectivity index (χ1n) is 8.15. The van der Waals surface area contributed by atoms with Crippen molar-refractivity contribution >= 4 is 23.3 Å². The molecular weight excluding hydrogens is 308 g/mol. The number of ether oxygens (including phenoxy) is 1. The molecule has 6 heteroatoms. The highest BCUT2D eigenvalue weighted by Crippen LogP contribution is 2.38. The predicted molar refractivity (Wildman–Crippen MR) is 91.4 cm³/mol. The normalized spacial score (nSPS) is 15.5. The van der Waals surface area contributed by atoms with Crippen LogP contribution in [0.15, 0.2) is 18.2 Å². The summed E-state index contributed by atoms with van der Waals surface area (Å²) in [5.74, 6) is -0.0384. The van der Waals surface area contributed by atoms with E-state index < -0.39 is 5.60 Å². The number of benzene rings is 1. The maximum Gasteiger partial charge on any atom is 0.271 e. The lowest BCUT2D eigenvalue weighted by Gasteiger charge is -2.39. The summed E-state index contributed by atoms with van der Waals surface area (Å²) in [7, 11) is 0. The number of rotatable bonds is 5. The summed E-state index contributed by atoms with van der Waals surface area (Å²) in [4.78, 5) is 40.0. The molecule has 2 amide bonds. The van der Waals surface area contributed by atoms with Gasteiger partial charge in [-0.15, -0.1) is 0 Å². The first-order valence-corrected chi connectivity index (χ1v) is 8.15. The molecule has 0 fully saturated rings. The lowest BCUT2D eigenvalue weighted by Crippen LogP contribution is -2.55. The van der Waals surface area contributed by atoms with Gasteiger partial charge in [0, 0.05) is 18.7 Å². The topological polar surface area (TPSA) is 66.9 Å². The molecule has 0 N–H and O–H groups in total. The molecule has 0 radical (unpaired) electrons. The molecule has 0 bridgehead atoms. The lowest BCUT2D eigenvalue weighted by molar-refractivity contribution is -0.136. The van der Waals surface area contributed by atoms with Gasteiger partial charge in [-0.1, -0.05) is 0 Å². The third kappa shape index (κ3) is 3.27. The summed E-state index contributed by atoms with van der Waals surface area (Å²) in [6.07, 6.45) is 0. The highest BCUT2D eigenvalue weighted by Gasteiger charge is 2.42. The van der Waals surface area contributed by atoms with Crippen molar-refractivity contribution in [1.29, 1.82) is 0 Å². The van der Waals surface area contributed by atoms with Crippen molar-refractivity contribution in [1.82, 2.24) is 4.90 Å². The van der Waals surface area contributed by atoms with Crippen molar-refractivity contribution < 1.29 is 19.1 Å². The van der Waals surface area contributed by atoms with Crippen LogP contribution in [0, 0.1) is 0 Å². The Morgan fingerprint density at radius 2 is 1.83 bits per heavy atom. The summed E-state index contributed by atoms with van der Waals surface area (Å²) >= 11 is 0. The first-order chi connectivity index (χ1) is 11.2. The second-order valence-electron chi connectivity index (χ2n) is 6.31. The van der Waals surface area contributed by atoms with Crippen molar-refractivity contribution in [3.63, 3.8) is 0 Å². The Bertz CT molecular complexity index is 678. The number of carbonyl (C=O) groups is 3. The minimum absolute atomic E-state index is 0.0678. The quantitative estimate of drug-likeness (QED) is 0.776. The molecule has 0 saturated carbocycles. The fourth-order valence-electron chi connectivity index (χ4n) is 2.76. The van der Waals surface area contributed by atoms with Gasteiger partial charge >= 0.3 is 0 Å². The van der Waals surface area contributed by atoms with Crippen LogP contribution >= 0.6 is 0 Å². The van der Waals surface area contributed by atoms with E-state index >= 15 is 0 Å². The first kappa shape index (κ1) is 18.0. The van der Waals surface area contributed by atoms with E-state index in [4.69, 9.17) is 4.74 Å². The fraction of sp³-hybridized carbons (Fsp3) is 0.500. The van der Waals surface area contributed by atoms with Gasteiger partial charge in [0.1, 0.15) is 12.3 Å². The Morgan fingerprint density at radius 1 is 1.21 bits per heavy atom. The molecule has 6 nitrogen and oxygen atoms in total. The zero-order valence-corrected chi connectivity index (χ0v) is 14.9. The zero-order valence-electron chi connectivity index (χ0n) is 14.9. The molecule has 0 saturated heterocycles. The van der Waals surface area contributed by atoms with Crippen LogP contribution < -0.4 is 9.64 Å². The molecule has 1 aromatic carbocycles. The molecule has 24 heavy (non-hydrogen) atoms. The van der Waals surface area contributed by atoms with Gasteiger partial charge in [-0.05, 0) is 52.8 Å². The molecule has 0 unspecified atom stereocenters. The molecule has 0 atom stereocenters. The monoisotopic (exact) mass is 332 g/mol. The smallest absolute Gasteiger partial charge is 0.271 e. The molecule has 1 heterocycles. The number of hydrogen-bond donors (Lipinski definition) is 0. The Balaban J connectivity index is 2.45. The third-order valence-electron chi connectivity index (χ3n) is 4.19. The number of ketones is 1. The summed E-state index contributed by atoms with van der Waals surface area (Å²) in [5, 5.41) is 0. The van der Waals surface area contributed by atoms with Crippen LogP contribution in [0.2, 0.25) is 0 Å². The van der Waals surface area contributed by atoms with Gasteiger partial charge in [-0.3, -0.25) is 19.3 Å². The van der Waals surface area contributed by atoms with Crippen LogP contribution in [0.3, 0.4) is 0 Å². The molecule has 1 aliphatic rings. The van der Waals surface area contributed by atoms with Gasteiger partial charge in [0.2, 0.25) is 5.91 Å². The maximum absolute atomic E-state index is 12.8. The summed E-state index contributed by atoms with van der Waals surface area (Å²) in [6.45, 7) is 9.69. The van der Waals surface area contributed by atoms with Gasteiger partial charge in [0.05, 0.1) is 5.69 Å². The lowest BCUT2D eigenvalue weighted by atomic mass is 10.0. The number of fused-ring (bicyclic) bond motifs is 1. The molecule has 0 aliphatic carbocycles. The molecule has 2 rings (SSSR count). The Morgan fingerprint density at radius 3 is 2.38 bits per heavy atom. The van der Waals surface area contributed by atoms with E-state index in [-0.39, 0.29) is 24.1 Å². The predicted octanol–water partition coefficient (Wildman–Crippen LogP) is 2.26. The Hall–Kier alpha value is -2.37. The highest BCUT2D eigenvalue weighted by atomic mass is 16.5. The van der Waals surface area contributed by atoms with Gasteiger partial charge in [-0.2, -0.15) is 0 Å². The minimum Gasteiger partial charge on any atom is -0.476 e. The number of likely N-dealkylation sites (N-methyl/N-ethyl adjacent to an activating group) is 1. The number of hydrogen-bond acceptors (Lipinski definition) is 4.